The fourth-order valence-electron chi connectivity index (χ4n) is 1.98. The molecule has 1 saturated heterocycles. The Bertz CT molecular complexity index is 402. The van der Waals surface area contributed by atoms with Crippen LogP contribution in [-0.2, 0) is 9.59 Å². The first-order chi connectivity index (χ1) is 9.46. The number of amides is 2. The number of carbonyl (C=O) groups is 2. The lowest BCUT2D eigenvalue weighted by Crippen LogP contribution is -2.64. The first kappa shape index (κ1) is 17.7. The summed E-state index contributed by atoms with van der Waals surface area (Å²) < 4.78 is 38.2. The summed E-state index contributed by atoms with van der Waals surface area (Å²) in [4.78, 5) is 28.0. The summed E-state index contributed by atoms with van der Waals surface area (Å²) in [6, 6.07) is 0. The Morgan fingerprint density at radius 2 is 1.52 bits per heavy atom. The van der Waals surface area contributed by atoms with Crippen molar-refractivity contribution in [3.8, 4) is 0 Å². The highest BCUT2D eigenvalue weighted by Gasteiger charge is 2.55. The summed E-state index contributed by atoms with van der Waals surface area (Å²) in [5.74, 6) is -1.27. The van der Waals surface area contributed by atoms with Crippen molar-refractivity contribution in [1.82, 2.24) is 14.7 Å². The molecular formula is C12H21F3N4O2. The maximum absolute atomic E-state index is 12.7. The second kappa shape index (κ2) is 6.18. The summed E-state index contributed by atoms with van der Waals surface area (Å²) in [5, 5.41) is 0. The van der Waals surface area contributed by atoms with E-state index in [-0.39, 0.29) is 38.6 Å². The Hall–Kier alpha value is -1.35. The van der Waals surface area contributed by atoms with E-state index in [1.807, 2.05) is 0 Å². The molecule has 1 aliphatic rings. The molecule has 0 saturated carbocycles. The van der Waals surface area contributed by atoms with Crippen molar-refractivity contribution < 1.29 is 22.8 Å². The van der Waals surface area contributed by atoms with Crippen molar-refractivity contribution in [3.63, 3.8) is 0 Å². The molecule has 2 N–H and O–H groups in total. The van der Waals surface area contributed by atoms with Gasteiger partial charge in [-0.1, -0.05) is 0 Å². The summed E-state index contributed by atoms with van der Waals surface area (Å²) in [6.07, 6.45) is -4.80. The van der Waals surface area contributed by atoms with E-state index in [1.165, 1.54) is 4.90 Å². The summed E-state index contributed by atoms with van der Waals surface area (Å²) in [6.45, 7) is 1.43. The molecule has 1 rings (SSSR count). The second-order valence-corrected chi connectivity index (χ2v) is 5.61. The second-order valence-electron chi connectivity index (χ2n) is 5.61. The molecule has 0 aromatic carbocycles. The SMILES string of the molecule is CN(C)CC(=O)N1CCN(C(=O)C(C)(N)C(F)(F)F)CC1. The quantitative estimate of drug-likeness (QED) is 0.763. The maximum atomic E-state index is 12.7. The number of halogens is 3. The molecule has 6 nitrogen and oxygen atoms in total. The summed E-state index contributed by atoms with van der Waals surface area (Å²) in [5.41, 5.74) is 2.23. The molecule has 1 heterocycles. The van der Waals surface area contributed by atoms with Gasteiger partial charge in [0.2, 0.25) is 5.91 Å². The highest BCUT2D eigenvalue weighted by atomic mass is 19.4. The molecule has 0 radical (unpaired) electrons. The van der Waals surface area contributed by atoms with Gasteiger partial charge >= 0.3 is 6.18 Å². The van der Waals surface area contributed by atoms with Gasteiger partial charge < -0.3 is 20.4 Å². The van der Waals surface area contributed by atoms with Crippen LogP contribution in [0.15, 0.2) is 0 Å². The van der Waals surface area contributed by atoms with Gasteiger partial charge in [0.15, 0.2) is 5.54 Å². The van der Waals surface area contributed by atoms with E-state index in [0.29, 0.717) is 6.92 Å². The van der Waals surface area contributed by atoms with Crippen LogP contribution in [0, 0.1) is 0 Å². The zero-order chi connectivity index (χ0) is 16.4. The van der Waals surface area contributed by atoms with Crippen LogP contribution in [0.25, 0.3) is 0 Å². The normalized spacial score (nSPS) is 19.6. The zero-order valence-electron chi connectivity index (χ0n) is 12.4. The Labute approximate surface area is 121 Å². The molecule has 1 aliphatic heterocycles. The van der Waals surface area contributed by atoms with Gasteiger partial charge in [-0.05, 0) is 21.0 Å². The molecule has 122 valence electrons. The lowest BCUT2D eigenvalue weighted by atomic mass is 10.0. The number of rotatable bonds is 3. The Kier molecular flexibility index (Phi) is 5.21. The van der Waals surface area contributed by atoms with Crippen LogP contribution >= 0.6 is 0 Å². The summed E-state index contributed by atoms with van der Waals surface area (Å²) >= 11 is 0. The Balaban J connectivity index is 2.61. The molecule has 21 heavy (non-hydrogen) atoms. The number of likely N-dealkylation sites (N-methyl/N-ethyl adjacent to an activating group) is 1. The highest BCUT2D eigenvalue weighted by Crippen LogP contribution is 2.29. The average Bonchev–Trinajstić information content (AvgIpc) is 2.35. The number of hydrogen-bond donors (Lipinski definition) is 1. The monoisotopic (exact) mass is 310 g/mol. The van der Waals surface area contributed by atoms with Gasteiger partial charge in [0, 0.05) is 26.2 Å². The molecule has 1 fully saturated rings. The number of alkyl halides is 3. The van der Waals surface area contributed by atoms with Gasteiger partial charge in [-0.2, -0.15) is 13.2 Å². The topological polar surface area (TPSA) is 69.9 Å². The van der Waals surface area contributed by atoms with Gasteiger partial charge in [-0.3, -0.25) is 9.59 Å². The minimum absolute atomic E-state index is 0.0564. The van der Waals surface area contributed by atoms with Gasteiger partial charge in [0.05, 0.1) is 6.54 Å². The smallest absolute Gasteiger partial charge is 0.338 e. The van der Waals surface area contributed by atoms with Crippen LogP contribution in [0.3, 0.4) is 0 Å². The van der Waals surface area contributed by atoms with Crippen molar-refractivity contribution in [2.45, 2.75) is 18.6 Å². The molecule has 9 heteroatoms. The first-order valence-electron chi connectivity index (χ1n) is 6.54. The van der Waals surface area contributed by atoms with E-state index < -0.39 is 17.6 Å². The van der Waals surface area contributed by atoms with Crippen molar-refractivity contribution in [2.24, 2.45) is 5.73 Å². The summed E-state index contributed by atoms with van der Waals surface area (Å²) in [7, 11) is 3.50. The lowest BCUT2D eigenvalue weighted by molar-refractivity contribution is -0.194. The van der Waals surface area contributed by atoms with Crippen LogP contribution < -0.4 is 5.73 Å². The molecule has 1 atom stereocenters. The van der Waals surface area contributed by atoms with E-state index in [2.05, 4.69) is 0 Å². The molecule has 2 amide bonds. The van der Waals surface area contributed by atoms with Crippen LogP contribution in [0.1, 0.15) is 6.92 Å². The van der Waals surface area contributed by atoms with Crippen LogP contribution in [0.5, 0.6) is 0 Å². The number of nitrogens with zero attached hydrogens (tertiary/aromatic N) is 3. The third kappa shape index (κ3) is 4.07. The first-order valence-corrected chi connectivity index (χ1v) is 6.54. The third-order valence-corrected chi connectivity index (χ3v) is 3.40. The Morgan fingerprint density at radius 1 is 1.10 bits per heavy atom. The maximum Gasteiger partial charge on any atom is 0.415 e. The average molecular weight is 310 g/mol. The lowest BCUT2D eigenvalue weighted by Gasteiger charge is -2.39. The van der Waals surface area contributed by atoms with Gasteiger partial charge in [-0.25, -0.2) is 0 Å². The fourth-order valence-corrected chi connectivity index (χ4v) is 1.98. The minimum Gasteiger partial charge on any atom is -0.338 e. The number of nitrogens with two attached hydrogens (primary N) is 1. The molecule has 0 bridgehead atoms. The largest absolute Gasteiger partial charge is 0.415 e. The molecule has 0 aromatic heterocycles. The van der Waals surface area contributed by atoms with Crippen LogP contribution in [0.2, 0.25) is 0 Å². The highest BCUT2D eigenvalue weighted by molar-refractivity contribution is 5.87. The predicted molar refractivity (Wildman–Crippen MR) is 70.4 cm³/mol. The minimum atomic E-state index is -4.80. The number of piperazine rings is 1. The Morgan fingerprint density at radius 3 is 1.90 bits per heavy atom. The van der Waals surface area contributed by atoms with Crippen molar-refractivity contribution in [2.75, 3.05) is 46.8 Å². The molecule has 0 aliphatic carbocycles. The van der Waals surface area contributed by atoms with Crippen molar-refractivity contribution >= 4 is 11.8 Å². The van der Waals surface area contributed by atoms with E-state index in [0.717, 1.165) is 4.90 Å². The van der Waals surface area contributed by atoms with Crippen LogP contribution in [0.4, 0.5) is 13.2 Å². The van der Waals surface area contributed by atoms with Gasteiger partial charge in [0.1, 0.15) is 0 Å². The van der Waals surface area contributed by atoms with E-state index in [9.17, 15) is 22.8 Å². The van der Waals surface area contributed by atoms with Crippen molar-refractivity contribution in [3.05, 3.63) is 0 Å². The van der Waals surface area contributed by atoms with E-state index in [4.69, 9.17) is 5.73 Å². The third-order valence-electron chi connectivity index (χ3n) is 3.40. The zero-order valence-corrected chi connectivity index (χ0v) is 12.4. The molecule has 0 spiro atoms. The molecule has 1 unspecified atom stereocenters. The predicted octanol–water partition coefficient (Wildman–Crippen LogP) is -0.501. The fraction of sp³-hybridized carbons (Fsp3) is 0.833. The molecular weight excluding hydrogens is 289 g/mol. The van der Waals surface area contributed by atoms with E-state index >= 15 is 0 Å². The van der Waals surface area contributed by atoms with E-state index in [1.54, 1.807) is 19.0 Å². The molecule has 0 aromatic rings. The van der Waals surface area contributed by atoms with Crippen molar-refractivity contribution in [1.29, 1.82) is 0 Å². The standard InChI is InChI=1S/C12H21F3N4O2/c1-11(16,12(13,14)15)10(21)19-6-4-18(5-7-19)9(20)8-17(2)3/h4-8,16H2,1-3H3. The number of carbonyl (C=O) groups excluding carboxylic acids is 2. The van der Waals surface area contributed by atoms with Gasteiger partial charge in [0.25, 0.3) is 5.91 Å². The number of hydrogen-bond acceptors (Lipinski definition) is 4. The van der Waals surface area contributed by atoms with Crippen LogP contribution in [-0.4, -0.2) is 85.0 Å². The van der Waals surface area contributed by atoms with Gasteiger partial charge in [-0.15, -0.1) is 0 Å².